The van der Waals surface area contributed by atoms with Crippen LogP contribution in [-0.2, 0) is 0 Å². The molecule has 3 aromatic rings. The minimum Gasteiger partial charge on any atom is -0.338 e. The molecule has 136 valence electrons. The molecule has 0 saturated heterocycles. The van der Waals surface area contributed by atoms with Gasteiger partial charge in [0.05, 0.1) is 10.8 Å². The lowest BCUT2D eigenvalue weighted by molar-refractivity contribution is 0.373. The van der Waals surface area contributed by atoms with Crippen LogP contribution >= 0.6 is 11.8 Å². The van der Waals surface area contributed by atoms with Gasteiger partial charge in [0.2, 0.25) is 5.89 Å². The number of halogens is 1. The zero-order valence-electron chi connectivity index (χ0n) is 14.9. The second-order valence-electron chi connectivity index (χ2n) is 6.79. The van der Waals surface area contributed by atoms with Crippen LogP contribution in [-0.4, -0.2) is 24.9 Å². The molecule has 1 aliphatic rings. The summed E-state index contributed by atoms with van der Waals surface area (Å²) in [5.74, 6) is 1.77. The van der Waals surface area contributed by atoms with E-state index >= 15 is 0 Å². The summed E-state index contributed by atoms with van der Waals surface area (Å²) in [6, 6.07) is 7.00. The molecule has 0 spiro atoms. The summed E-state index contributed by atoms with van der Waals surface area (Å²) >= 11 is 1.51. The Morgan fingerprint density at radius 3 is 2.62 bits per heavy atom. The number of hydrogen-bond acceptors (Lipinski definition) is 6. The van der Waals surface area contributed by atoms with Crippen LogP contribution < -0.4 is 0 Å². The van der Waals surface area contributed by atoms with Crippen molar-refractivity contribution in [1.29, 1.82) is 0 Å². The van der Waals surface area contributed by atoms with Crippen LogP contribution in [0.1, 0.15) is 62.5 Å². The largest absolute Gasteiger partial charge is 0.338 e. The number of thioether (sulfide) groups is 1. The van der Waals surface area contributed by atoms with Crippen molar-refractivity contribution in [2.24, 2.45) is 0 Å². The lowest BCUT2D eigenvalue weighted by Crippen LogP contribution is -2.02. The third-order valence-electron chi connectivity index (χ3n) is 4.30. The minimum atomic E-state index is -0.287. The summed E-state index contributed by atoms with van der Waals surface area (Å²) in [4.78, 5) is 4.46. The van der Waals surface area contributed by atoms with Crippen LogP contribution in [0.4, 0.5) is 4.39 Å². The smallest absolute Gasteiger partial charge is 0.239 e. The average Bonchev–Trinajstić information content (AvgIpc) is 3.17. The number of benzene rings is 1. The van der Waals surface area contributed by atoms with Gasteiger partial charge in [-0.15, -0.1) is 10.2 Å². The number of hydrogen-bond donors (Lipinski definition) is 0. The van der Waals surface area contributed by atoms with E-state index in [9.17, 15) is 4.39 Å². The highest BCUT2D eigenvalue weighted by atomic mass is 32.2. The van der Waals surface area contributed by atoms with E-state index in [0.29, 0.717) is 29.1 Å². The van der Waals surface area contributed by atoms with E-state index in [2.05, 4.69) is 20.3 Å². The molecule has 1 aliphatic carbocycles. The van der Waals surface area contributed by atoms with Crippen LogP contribution in [0.25, 0.3) is 11.4 Å². The maximum atomic E-state index is 14.2. The predicted molar refractivity (Wildman–Crippen MR) is 96.3 cm³/mol. The van der Waals surface area contributed by atoms with E-state index in [1.54, 1.807) is 12.1 Å². The summed E-state index contributed by atoms with van der Waals surface area (Å²) in [6.45, 7) is 6.05. The summed E-state index contributed by atoms with van der Waals surface area (Å²) in [6.07, 6.45) is 2.11. The van der Waals surface area contributed by atoms with E-state index < -0.39 is 0 Å². The molecule has 2 aromatic heterocycles. The van der Waals surface area contributed by atoms with Crippen molar-refractivity contribution in [3.05, 3.63) is 41.8 Å². The molecule has 0 radical (unpaired) electrons. The van der Waals surface area contributed by atoms with Crippen molar-refractivity contribution < 1.29 is 8.91 Å². The highest BCUT2D eigenvalue weighted by molar-refractivity contribution is 7.99. The van der Waals surface area contributed by atoms with Gasteiger partial charge in [0.15, 0.2) is 16.8 Å². The molecule has 1 fully saturated rings. The normalized spacial score (nSPS) is 15.6. The molecule has 6 nitrogen and oxygen atoms in total. The summed E-state index contributed by atoms with van der Waals surface area (Å²) in [7, 11) is 0. The van der Waals surface area contributed by atoms with Crippen molar-refractivity contribution in [3.63, 3.8) is 0 Å². The standard InChI is InChI=1S/C18H20FN5OS/c1-10(2)15-20-17(25-23-15)11(3)26-18-22-21-16(24(18)12-8-9-12)13-6-4-5-7-14(13)19/h4-7,10-12H,8-9H2,1-3H3. The summed E-state index contributed by atoms with van der Waals surface area (Å²) in [5.41, 5.74) is 0.478. The molecule has 0 bridgehead atoms. The molecule has 0 aliphatic heterocycles. The van der Waals surface area contributed by atoms with E-state index in [1.165, 1.54) is 17.8 Å². The van der Waals surface area contributed by atoms with Crippen LogP contribution in [0, 0.1) is 5.82 Å². The quantitative estimate of drug-likeness (QED) is 0.579. The molecule has 0 amide bonds. The van der Waals surface area contributed by atoms with Gasteiger partial charge in [0.1, 0.15) is 5.82 Å². The molecule has 8 heteroatoms. The Hall–Kier alpha value is -2.22. The predicted octanol–water partition coefficient (Wildman–Crippen LogP) is 4.78. The van der Waals surface area contributed by atoms with Gasteiger partial charge in [-0.2, -0.15) is 4.98 Å². The Bertz CT molecular complexity index is 918. The topological polar surface area (TPSA) is 69.6 Å². The van der Waals surface area contributed by atoms with Gasteiger partial charge < -0.3 is 4.52 Å². The zero-order valence-corrected chi connectivity index (χ0v) is 15.7. The highest BCUT2D eigenvalue weighted by Gasteiger charge is 2.32. The van der Waals surface area contributed by atoms with Gasteiger partial charge in [-0.25, -0.2) is 4.39 Å². The first-order chi connectivity index (χ1) is 12.5. The van der Waals surface area contributed by atoms with Crippen molar-refractivity contribution in [2.45, 2.75) is 56.0 Å². The fraction of sp³-hybridized carbons (Fsp3) is 0.444. The Morgan fingerprint density at radius 2 is 1.96 bits per heavy atom. The molecule has 4 rings (SSSR count). The van der Waals surface area contributed by atoms with E-state index in [0.717, 1.165) is 18.0 Å². The molecule has 1 atom stereocenters. The summed E-state index contributed by atoms with van der Waals surface area (Å²) in [5, 5.41) is 13.3. The lowest BCUT2D eigenvalue weighted by atomic mass is 10.2. The number of aromatic nitrogens is 5. The van der Waals surface area contributed by atoms with E-state index in [1.807, 2.05) is 31.4 Å². The zero-order chi connectivity index (χ0) is 18.3. The molecule has 1 saturated carbocycles. The number of nitrogens with zero attached hydrogens (tertiary/aromatic N) is 5. The van der Waals surface area contributed by atoms with Crippen LogP contribution in [0.3, 0.4) is 0 Å². The lowest BCUT2D eigenvalue weighted by Gasteiger charge is -2.11. The highest BCUT2D eigenvalue weighted by Crippen LogP contribution is 2.44. The molecular formula is C18H20FN5OS. The van der Waals surface area contributed by atoms with Crippen molar-refractivity contribution in [2.75, 3.05) is 0 Å². The third kappa shape index (κ3) is 3.25. The molecule has 1 unspecified atom stereocenters. The summed E-state index contributed by atoms with van der Waals surface area (Å²) < 4.78 is 21.7. The van der Waals surface area contributed by atoms with Gasteiger partial charge in [-0.1, -0.05) is 42.9 Å². The second kappa shape index (κ2) is 6.83. The Balaban J connectivity index is 1.64. The first-order valence-electron chi connectivity index (χ1n) is 8.74. The van der Waals surface area contributed by atoms with Crippen molar-refractivity contribution >= 4 is 11.8 Å². The fourth-order valence-electron chi connectivity index (χ4n) is 2.70. The van der Waals surface area contributed by atoms with Crippen molar-refractivity contribution in [3.8, 4) is 11.4 Å². The first kappa shape index (κ1) is 17.2. The van der Waals surface area contributed by atoms with Gasteiger partial charge >= 0.3 is 0 Å². The van der Waals surface area contributed by atoms with E-state index in [4.69, 9.17) is 4.52 Å². The van der Waals surface area contributed by atoms with Crippen molar-refractivity contribution in [1.82, 2.24) is 24.9 Å². The van der Waals surface area contributed by atoms with Gasteiger partial charge in [0.25, 0.3) is 0 Å². The van der Waals surface area contributed by atoms with Crippen LogP contribution in [0.5, 0.6) is 0 Å². The average molecular weight is 373 g/mol. The third-order valence-corrected chi connectivity index (χ3v) is 5.34. The molecule has 0 N–H and O–H groups in total. The molecule has 2 heterocycles. The first-order valence-corrected chi connectivity index (χ1v) is 9.62. The van der Waals surface area contributed by atoms with Gasteiger partial charge in [-0.3, -0.25) is 4.57 Å². The monoisotopic (exact) mass is 373 g/mol. The Labute approximate surface area is 155 Å². The van der Waals surface area contributed by atoms with E-state index in [-0.39, 0.29) is 17.0 Å². The van der Waals surface area contributed by atoms with Gasteiger partial charge in [-0.05, 0) is 31.9 Å². The minimum absolute atomic E-state index is 0.0647. The maximum absolute atomic E-state index is 14.2. The number of rotatable bonds is 6. The molecule has 1 aromatic carbocycles. The maximum Gasteiger partial charge on any atom is 0.239 e. The van der Waals surface area contributed by atoms with Crippen LogP contribution in [0.15, 0.2) is 33.9 Å². The van der Waals surface area contributed by atoms with Gasteiger partial charge in [0, 0.05) is 12.0 Å². The second-order valence-corrected chi connectivity index (χ2v) is 8.10. The SMILES string of the molecule is CC(C)c1noc(C(C)Sc2nnc(-c3ccccc3F)n2C2CC2)n1. The van der Waals surface area contributed by atoms with Crippen LogP contribution in [0.2, 0.25) is 0 Å². The molecule has 26 heavy (non-hydrogen) atoms. The molecular weight excluding hydrogens is 353 g/mol. The fourth-order valence-corrected chi connectivity index (χ4v) is 3.65. The Kier molecular flexibility index (Phi) is 4.52. The Morgan fingerprint density at radius 1 is 1.19 bits per heavy atom.